The Kier molecular flexibility index (Phi) is 5.98. The van der Waals surface area contributed by atoms with Crippen LogP contribution in [0.4, 0.5) is 37.7 Å². The highest BCUT2D eigenvalue weighted by molar-refractivity contribution is 5.87. The highest BCUT2D eigenvalue weighted by Crippen LogP contribution is 2.59. The minimum absolute atomic E-state index is 0.0578. The highest BCUT2D eigenvalue weighted by Gasteiger charge is 2.51. The van der Waals surface area contributed by atoms with Gasteiger partial charge in [-0.3, -0.25) is 20.2 Å². The van der Waals surface area contributed by atoms with Gasteiger partial charge in [-0.05, 0) is 45.5 Å². The number of benzene rings is 4. The zero-order valence-corrected chi connectivity index (χ0v) is 20.1. The van der Waals surface area contributed by atoms with E-state index in [2.05, 4.69) is 0 Å². The van der Waals surface area contributed by atoms with Crippen LogP contribution in [0, 0.1) is 20.2 Å². The summed E-state index contributed by atoms with van der Waals surface area (Å²) in [5.74, 6) is -3.43. The molecule has 210 valence electrons. The van der Waals surface area contributed by atoms with Crippen molar-refractivity contribution in [3.05, 3.63) is 126 Å². The van der Waals surface area contributed by atoms with E-state index in [-0.39, 0.29) is 11.1 Å². The van der Waals surface area contributed by atoms with Gasteiger partial charge in [-0.2, -0.15) is 26.3 Å². The van der Waals surface area contributed by atoms with Crippen molar-refractivity contribution in [2.24, 2.45) is 0 Å². The van der Waals surface area contributed by atoms with Crippen molar-refractivity contribution in [1.82, 2.24) is 0 Å². The molecule has 8 nitrogen and oxygen atoms in total. The summed E-state index contributed by atoms with van der Waals surface area (Å²) in [6.45, 7) is 0. The fourth-order valence-electron chi connectivity index (χ4n) is 5.41. The standard InChI is InChI=1S/C27H14F6N2O6/c28-26(29,30)19-9-13(11-21(23(19)36)34(38)39)25(14-10-20(27(31,32)33)24(37)22(12-14)35(40)41)17-7-3-1-5-15(17)16-6-2-4-8-18(16)25/h1-12,36-37H. The van der Waals surface area contributed by atoms with Crippen molar-refractivity contribution >= 4 is 11.4 Å². The second-order valence-electron chi connectivity index (χ2n) is 9.13. The van der Waals surface area contributed by atoms with Gasteiger partial charge in [-0.25, -0.2) is 0 Å². The van der Waals surface area contributed by atoms with Crippen LogP contribution in [0.3, 0.4) is 0 Å². The quantitative estimate of drug-likeness (QED) is 0.131. The molecule has 0 radical (unpaired) electrons. The first-order valence-corrected chi connectivity index (χ1v) is 11.5. The zero-order valence-electron chi connectivity index (χ0n) is 20.1. The molecule has 2 N–H and O–H groups in total. The molecule has 4 aromatic carbocycles. The average Bonchev–Trinajstić information content (AvgIpc) is 3.18. The smallest absolute Gasteiger partial charge is 0.420 e. The van der Waals surface area contributed by atoms with Crippen molar-refractivity contribution in [3.63, 3.8) is 0 Å². The number of phenols is 2. The lowest BCUT2D eigenvalue weighted by Gasteiger charge is -2.34. The maximum atomic E-state index is 14.1. The molecule has 0 bridgehead atoms. The van der Waals surface area contributed by atoms with Crippen molar-refractivity contribution in [2.75, 3.05) is 0 Å². The monoisotopic (exact) mass is 576 g/mol. The van der Waals surface area contributed by atoms with Crippen LogP contribution >= 0.6 is 0 Å². The van der Waals surface area contributed by atoms with E-state index < -0.39 is 72.7 Å². The number of fused-ring (bicyclic) bond motifs is 3. The van der Waals surface area contributed by atoms with Gasteiger partial charge in [0.15, 0.2) is 0 Å². The molecule has 0 unspecified atom stereocenters. The third kappa shape index (κ3) is 4.01. The molecule has 1 aliphatic carbocycles. The Bertz CT molecular complexity index is 1640. The van der Waals surface area contributed by atoms with Crippen molar-refractivity contribution in [3.8, 4) is 22.6 Å². The molecule has 1 aliphatic rings. The summed E-state index contributed by atoms with van der Waals surface area (Å²) in [7, 11) is 0. The third-order valence-corrected chi connectivity index (χ3v) is 7.00. The molecular formula is C27H14F6N2O6. The molecule has 0 aromatic heterocycles. The number of hydrogen-bond donors (Lipinski definition) is 2. The molecule has 5 rings (SSSR count). The fourth-order valence-corrected chi connectivity index (χ4v) is 5.41. The summed E-state index contributed by atoms with van der Waals surface area (Å²) in [6, 6.07) is 13.7. The Morgan fingerprint density at radius 2 is 0.951 bits per heavy atom. The second-order valence-corrected chi connectivity index (χ2v) is 9.13. The van der Waals surface area contributed by atoms with Gasteiger partial charge in [0.25, 0.3) is 0 Å². The van der Waals surface area contributed by atoms with E-state index in [9.17, 15) is 56.8 Å². The van der Waals surface area contributed by atoms with Crippen LogP contribution in [0.2, 0.25) is 0 Å². The molecule has 0 amide bonds. The highest BCUT2D eigenvalue weighted by atomic mass is 19.4. The van der Waals surface area contributed by atoms with Gasteiger partial charge < -0.3 is 10.2 Å². The first kappa shape index (κ1) is 27.4. The Hall–Kier alpha value is -5.14. The van der Waals surface area contributed by atoms with Crippen LogP contribution in [0.25, 0.3) is 11.1 Å². The number of nitrogens with zero attached hydrogens (tertiary/aromatic N) is 2. The van der Waals surface area contributed by atoms with Crippen molar-refractivity contribution in [1.29, 1.82) is 0 Å². The first-order valence-electron chi connectivity index (χ1n) is 11.5. The van der Waals surface area contributed by atoms with Gasteiger partial charge in [0.1, 0.15) is 11.1 Å². The van der Waals surface area contributed by atoms with E-state index in [0.717, 1.165) is 0 Å². The second kappa shape index (κ2) is 8.94. The van der Waals surface area contributed by atoms with Crippen LogP contribution in [-0.2, 0) is 17.8 Å². The van der Waals surface area contributed by atoms with Crippen LogP contribution in [0.15, 0.2) is 72.8 Å². The summed E-state index contributed by atoms with van der Waals surface area (Å²) in [6.07, 6.45) is -10.7. The van der Waals surface area contributed by atoms with E-state index in [0.29, 0.717) is 35.4 Å². The molecule has 14 heteroatoms. The molecule has 4 aromatic rings. The largest absolute Gasteiger partial charge is 0.502 e. The van der Waals surface area contributed by atoms with E-state index in [1.807, 2.05) is 0 Å². The van der Waals surface area contributed by atoms with Crippen LogP contribution in [-0.4, -0.2) is 20.1 Å². The fraction of sp³-hybridized carbons (Fsp3) is 0.111. The number of nitro benzene ring substituents is 2. The topological polar surface area (TPSA) is 127 Å². The van der Waals surface area contributed by atoms with Gasteiger partial charge in [0.2, 0.25) is 11.5 Å². The van der Waals surface area contributed by atoms with E-state index in [1.54, 1.807) is 12.1 Å². The summed E-state index contributed by atoms with van der Waals surface area (Å²) in [4.78, 5) is 21.0. The number of hydrogen-bond acceptors (Lipinski definition) is 6. The summed E-state index contributed by atoms with van der Waals surface area (Å²) in [5.41, 5.74) is -9.11. The van der Waals surface area contributed by atoms with E-state index in [1.165, 1.54) is 36.4 Å². The predicted molar refractivity (Wildman–Crippen MR) is 130 cm³/mol. The molecule has 0 saturated carbocycles. The van der Waals surface area contributed by atoms with E-state index in [4.69, 9.17) is 0 Å². The number of alkyl halides is 6. The number of nitro groups is 2. The number of phenolic OH excluding ortho intramolecular Hbond substituents is 2. The summed E-state index contributed by atoms with van der Waals surface area (Å²) >= 11 is 0. The molecule has 0 fully saturated rings. The Labute approximate surface area is 225 Å². The lowest BCUT2D eigenvalue weighted by atomic mass is 9.67. The Balaban J connectivity index is 2.07. The average molecular weight is 576 g/mol. The molecule has 41 heavy (non-hydrogen) atoms. The molecule has 0 atom stereocenters. The van der Waals surface area contributed by atoms with Gasteiger partial charge in [-0.15, -0.1) is 0 Å². The number of aromatic hydroxyl groups is 2. The number of rotatable bonds is 4. The lowest BCUT2D eigenvalue weighted by molar-refractivity contribution is -0.386. The summed E-state index contributed by atoms with van der Waals surface area (Å²) in [5, 5.41) is 43.9. The molecular weight excluding hydrogens is 562 g/mol. The molecule has 0 heterocycles. The van der Waals surface area contributed by atoms with Crippen LogP contribution in [0.1, 0.15) is 33.4 Å². The Morgan fingerprint density at radius 1 is 0.610 bits per heavy atom. The normalized spacial score (nSPS) is 13.9. The van der Waals surface area contributed by atoms with Crippen LogP contribution in [0.5, 0.6) is 11.5 Å². The molecule has 0 saturated heterocycles. The minimum Gasteiger partial charge on any atom is -0.502 e. The van der Waals surface area contributed by atoms with Gasteiger partial charge >= 0.3 is 23.7 Å². The molecule has 0 aliphatic heterocycles. The van der Waals surface area contributed by atoms with Crippen molar-refractivity contribution in [2.45, 2.75) is 17.8 Å². The molecule has 0 spiro atoms. The summed E-state index contributed by atoms with van der Waals surface area (Å²) < 4.78 is 84.4. The van der Waals surface area contributed by atoms with Gasteiger partial charge in [0, 0.05) is 12.1 Å². The SMILES string of the molecule is O=[N+]([O-])c1cc(C2(c3cc([N+](=O)[O-])c(O)c(C(F)(F)F)c3)c3ccccc3-c3ccccc32)cc(C(F)(F)F)c1O. The van der Waals surface area contributed by atoms with Crippen molar-refractivity contribution < 1.29 is 46.4 Å². The zero-order chi connectivity index (χ0) is 30.1. The third-order valence-electron chi connectivity index (χ3n) is 7.00. The van der Waals surface area contributed by atoms with Gasteiger partial charge in [-0.1, -0.05) is 48.5 Å². The first-order chi connectivity index (χ1) is 19.1. The predicted octanol–water partition coefficient (Wildman–Crippen LogP) is 7.31. The number of halogens is 6. The van der Waals surface area contributed by atoms with E-state index >= 15 is 0 Å². The lowest BCUT2D eigenvalue weighted by Crippen LogP contribution is -2.30. The van der Waals surface area contributed by atoms with Crippen LogP contribution < -0.4 is 0 Å². The van der Waals surface area contributed by atoms with Gasteiger partial charge in [0.05, 0.1) is 15.3 Å². The Morgan fingerprint density at radius 3 is 1.27 bits per heavy atom. The maximum absolute atomic E-state index is 14.1. The minimum atomic E-state index is -5.35. The maximum Gasteiger partial charge on any atom is 0.420 e.